The summed E-state index contributed by atoms with van der Waals surface area (Å²) in [5.74, 6) is -2.57. The first-order chi connectivity index (χ1) is 18.1. The third-order valence-electron chi connectivity index (χ3n) is 6.12. The molecule has 0 radical (unpaired) electrons. The van der Waals surface area contributed by atoms with Gasteiger partial charge in [0.15, 0.2) is 0 Å². The van der Waals surface area contributed by atoms with Gasteiger partial charge in [0.1, 0.15) is 18.1 Å². The molecule has 1 rings (SSSR count). The summed E-state index contributed by atoms with van der Waals surface area (Å²) in [6.07, 6.45) is 3.56. The van der Waals surface area contributed by atoms with Gasteiger partial charge >= 0.3 is 5.97 Å². The average Bonchev–Trinajstić information content (AvgIpc) is 2.87. The van der Waals surface area contributed by atoms with E-state index >= 15 is 0 Å². The molecule has 0 spiro atoms. The number of nitrogens with one attached hydrogen (secondary N) is 3. The molecule has 11 heteroatoms. The lowest BCUT2D eigenvalue weighted by Gasteiger charge is -2.25. The van der Waals surface area contributed by atoms with Crippen molar-refractivity contribution in [2.45, 2.75) is 89.4 Å². The fourth-order valence-corrected chi connectivity index (χ4v) is 4.01. The third-order valence-corrected chi connectivity index (χ3v) is 6.12. The van der Waals surface area contributed by atoms with E-state index in [4.69, 9.17) is 17.2 Å². The topological polar surface area (TPSA) is 203 Å². The van der Waals surface area contributed by atoms with E-state index < -0.39 is 47.9 Å². The highest BCUT2D eigenvalue weighted by Crippen LogP contribution is 2.09. The maximum atomic E-state index is 13.3. The maximum Gasteiger partial charge on any atom is 0.326 e. The number of rotatable bonds is 19. The lowest BCUT2D eigenvalue weighted by atomic mass is 10.0. The summed E-state index contributed by atoms with van der Waals surface area (Å²) in [4.78, 5) is 51.0. The van der Waals surface area contributed by atoms with Crippen LogP contribution in [0.15, 0.2) is 30.3 Å². The minimum atomic E-state index is -1.16. The minimum absolute atomic E-state index is 0.143. The van der Waals surface area contributed by atoms with E-state index in [1.165, 1.54) is 0 Å². The molecule has 4 atom stereocenters. The molecule has 11 nitrogen and oxygen atoms in total. The van der Waals surface area contributed by atoms with Crippen molar-refractivity contribution in [3.05, 3.63) is 35.9 Å². The van der Waals surface area contributed by atoms with Gasteiger partial charge in [0.05, 0.1) is 6.04 Å². The fourth-order valence-electron chi connectivity index (χ4n) is 4.01. The SMILES string of the molecule is CC(C)CC(N)C(=O)NC(CCCCN)C(=O)NC(Cc1ccccc1)C(=O)NC(CCCCN)C(=O)O. The quantitative estimate of drug-likeness (QED) is 0.123. The number of hydrogen-bond donors (Lipinski definition) is 7. The molecule has 1 aromatic rings. The van der Waals surface area contributed by atoms with E-state index in [0.717, 1.165) is 5.56 Å². The predicted octanol–water partition coefficient (Wildman–Crippen LogP) is 0.400. The van der Waals surface area contributed by atoms with Crippen molar-refractivity contribution in [3.8, 4) is 0 Å². The molecule has 1 aromatic carbocycles. The average molecular weight is 535 g/mol. The first kappa shape index (κ1) is 33.0. The van der Waals surface area contributed by atoms with Crippen molar-refractivity contribution in [1.29, 1.82) is 0 Å². The van der Waals surface area contributed by atoms with E-state index in [1.54, 1.807) is 0 Å². The summed E-state index contributed by atoms with van der Waals surface area (Å²) in [6.45, 7) is 4.76. The molecule has 4 unspecified atom stereocenters. The van der Waals surface area contributed by atoms with Crippen LogP contribution in [0, 0.1) is 5.92 Å². The Kier molecular flexibility index (Phi) is 15.9. The standard InChI is InChI=1S/C27H46N6O5/c1-18(2)16-20(30)24(34)31-21(12-6-8-14-28)25(35)33-23(17-19-10-4-3-5-11-19)26(36)32-22(27(37)38)13-7-9-15-29/h3-5,10-11,18,20-23H,6-9,12-17,28-30H2,1-2H3,(H,31,34)(H,32,36)(H,33,35)(H,37,38). The minimum Gasteiger partial charge on any atom is -0.480 e. The van der Waals surface area contributed by atoms with Crippen LogP contribution in [0.25, 0.3) is 0 Å². The number of carboxylic acid groups (broad SMARTS) is 1. The number of amides is 3. The number of benzene rings is 1. The number of carbonyl (C=O) groups excluding carboxylic acids is 3. The van der Waals surface area contributed by atoms with Crippen LogP contribution < -0.4 is 33.2 Å². The number of carbonyl (C=O) groups is 4. The Morgan fingerprint density at radius 2 is 1.26 bits per heavy atom. The summed E-state index contributed by atoms with van der Waals surface area (Å²) in [5, 5.41) is 17.6. The van der Waals surface area contributed by atoms with Gasteiger partial charge in [-0.15, -0.1) is 0 Å². The normalized spacial score (nSPS) is 14.3. The zero-order valence-electron chi connectivity index (χ0n) is 22.7. The van der Waals surface area contributed by atoms with Crippen LogP contribution in [0.4, 0.5) is 0 Å². The Morgan fingerprint density at radius 1 is 0.763 bits per heavy atom. The van der Waals surface area contributed by atoms with Gasteiger partial charge in [0.2, 0.25) is 17.7 Å². The summed E-state index contributed by atoms with van der Waals surface area (Å²) in [5.41, 5.74) is 17.9. The molecular weight excluding hydrogens is 488 g/mol. The van der Waals surface area contributed by atoms with Crippen LogP contribution in [0.3, 0.4) is 0 Å². The highest BCUT2D eigenvalue weighted by atomic mass is 16.4. The fraction of sp³-hybridized carbons (Fsp3) is 0.630. The van der Waals surface area contributed by atoms with Crippen LogP contribution in [0.5, 0.6) is 0 Å². The van der Waals surface area contributed by atoms with Crippen molar-refractivity contribution in [3.63, 3.8) is 0 Å². The Balaban J connectivity index is 3.08. The van der Waals surface area contributed by atoms with Gasteiger partial charge in [-0.25, -0.2) is 4.79 Å². The lowest BCUT2D eigenvalue weighted by Crippen LogP contribution is -2.57. The first-order valence-electron chi connectivity index (χ1n) is 13.4. The van der Waals surface area contributed by atoms with Crippen molar-refractivity contribution in [1.82, 2.24) is 16.0 Å². The molecule has 0 saturated heterocycles. The molecule has 0 aliphatic heterocycles. The maximum absolute atomic E-state index is 13.3. The molecule has 38 heavy (non-hydrogen) atoms. The molecule has 0 saturated carbocycles. The van der Waals surface area contributed by atoms with E-state index in [9.17, 15) is 24.3 Å². The second-order valence-corrected chi connectivity index (χ2v) is 10.0. The molecule has 0 aliphatic carbocycles. The van der Waals surface area contributed by atoms with Crippen LogP contribution >= 0.6 is 0 Å². The van der Waals surface area contributed by atoms with E-state index in [1.807, 2.05) is 44.2 Å². The van der Waals surface area contributed by atoms with Gasteiger partial charge in [0, 0.05) is 6.42 Å². The largest absolute Gasteiger partial charge is 0.480 e. The van der Waals surface area contributed by atoms with Crippen LogP contribution in [-0.4, -0.2) is 66.1 Å². The van der Waals surface area contributed by atoms with Crippen LogP contribution in [-0.2, 0) is 25.6 Å². The Bertz CT molecular complexity index is 867. The van der Waals surface area contributed by atoms with Crippen molar-refractivity contribution in [2.24, 2.45) is 23.1 Å². The molecule has 10 N–H and O–H groups in total. The van der Waals surface area contributed by atoms with Gasteiger partial charge in [-0.2, -0.15) is 0 Å². The molecule has 0 aliphatic rings. The van der Waals surface area contributed by atoms with E-state index in [-0.39, 0.29) is 18.8 Å². The zero-order chi connectivity index (χ0) is 28.5. The molecule has 0 fully saturated rings. The Labute approximate surface area is 225 Å². The summed E-state index contributed by atoms with van der Waals surface area (Å²) < 4.78 is 0. The highest BCUT2D eigenvalue weighted by molar-refractivity contribution is 5.94. The molecule has 3 amide bonds. The Hall–Kier alpha value is -3.02. The summed E-state index contributed by atoms with van der Waals surface area (Å²) in [7, 11) is 0. The lowest BCUT2D eigenvalue weighted by molar-refractivity contribution is -0.142. The summed E-state index contributed by atoms with van der Waals surface area (Å²) >= 11 is 0. The van der Waals surface area contributed by atoms with Gasteiger partial charge in [-0.05, 0) is 69.5 Å². The second-order valence-electron chi connectivity index (χ2n) is 10.0. The second kappa shape index (κ2) is 18.3. The molecule has 0 heterocycles. The monoisotopic (exact) mass is 534 g/mol. The highest BCUT2D eigenvalue weighted by Gasteiger charge is 2.30. The van der Waals surface area contributed by atoms with Crippen molar-refractivity contribution < 1.29 is 24.3 Å². The first-order valence-corrected chi connectivity index (χ1v) is 13.4. The number of unbranched alkanes of at least 4 members (excludes halogenated alkanes) is 2. The van der Waals surface area contributed by atoms with Crippen LogP contribution in [0.2, 0.25) is 0 Å². The third kappa shape index (κ3) is 13.0. The van der Waals surface area contributed by atoms with Crippen molar-refractivity contribution >= 4 is 23.7 Å². The van der Waals surface area contributed by atoms with Gasteiger partial charge in [-0.1, -0.05) is 44.2 Å². The van der Waals surface area contributed by atoms with Crippen LogP contribution in [0.1, 0.15) is 64.4 Å². The molecule has 214 valence electrons. The molecular formula is C27H46N6O5. The Morgan fingerprint density at radius 3 is 1.79 bits per heavy atom. The van der Waals surface area contributed by atoms with Gasteiger partial charge in [0.25, 0.3) is 0 Å². The van der Waals surface area contributed by atoms with E-state index in [0.29, 0.717) is 51.6 Å². The number of nitrogens with two attached hydrogens (primary N) is 3. The van der Waals surface area contributed by atoms with Gasteiger partial charge in [-0.3, -0.25) is 14.4 Å². The number of aliphatic carboxylic acids is 1. The zero-order valence-corrected chi connectivity index (χ0v) is 22.7. The van der Waals surface area contributed by atoms with E-state index in [2.05, 4.69) is 16.0 Å². The molecule has 0 bridgehead atoms. The molecule has 0 aromatic heterocycles. The number of carboxylic acids is 1. The predicted molar refractivity (Wildman–Crippen MR) is 147 cm³/mol. The number of hydrogen-bond acceptors (Lipinski definition) is 7. The summed E-state index contributed by atoms with van der Waals surface area (Å²) in [6, 6.07) is 5.22. The van der Waals surface area contributed by atoms with Gasteiger partial charge < -0.3 is 38.3 Å². The van der Waals surface area contributed by atoms with Crippen molar-refractivity contribution in [2.75, 3.05) is 13.1 Å². The smallest absolute Gasteiger partial charge is 0.326 e.